The van der Waals surface area contributed by atoms with Crippen LogP contribution in [0.2, 0.25) is 0 Å². The molecule has 4 nitrogen and oxygen atoms in total. The summed E-state index contributed by atoms with van der Waals surface area (Å²) in [5.41, 5.74) is 1.71. The minimum Gasteiger partial charge on any atom is -0.337 e. The van der Waals surface area contributed by atoms with Crippen molar-refractivity contribution in [3.63, 3.8) is 0 Å². The first-order chi connectivity index (χ1) is 8.09. The highest BCUT2D eigenvalue weighted by atomic mass is 15.1. The van der Waals surface area contributed by atoms with Gasteiger partial charge in [0.1, 0.15) is 0 Å². The summed E-state index contributed by atoms with van der Waals surface area (Å²) in [4.78, 5) is 6.55. The number of nitrogens with one attached hydrogen (secondary N) is 1. The van der Waals surface area contributed by atoms with E-state index in [1.54, 1.807) is 0 Å². The maximum Gasteiger partial charge on any atom is 0.0945 e. The van der Waals surface area contributed by atoms with E-state index in [1.165, 1.54) is 31.6 Å². The Morgan fingerprint density at radius 1 is 1.35 bits per heavy atom. The van der Waals surface area contributed by atoms with Crippen molar-refractivity contribution in [3.8, 4) is 0 Å². The molecule has 1 aromatic rings. The smallest absolute Gasteiger partial charge is 0.0945 e. The molecule has 1 aromatic heterocycles. The molecule has 0 radical (unpaired) electrons. The lowest BCUT2D eigenvalue weighted by Gasteiger charge is -2.38. The summed E-state index contributed by atoms with van der Waals surface area (Å²) in [6.45, 7) is 6.87. The van der Waals surface area contributed by atoms with Crippen LogP contribution in [0.3, 0.4) is 0 Å². The van der Waals surface area contributed by atoms with E-state index in [0.717, 1.165) is 13.1 Å². The molecule has 1 saturated heterocycles. The molecular formula is C13H24N4. The molecule has 4 heteroatoms. The van der Waals surface area contributed by atoms with Gasteiger partial charge in [-0.1, -0.05) is 6.92 Å². The summed E-state index contributed by atoms with van der Waals surface area (Å²) in [6, 6.07) is 0. The predicted octanol–water partition coefficient (Wildman–Crippen LogP) is 1.24. The molecule has 17 heavy (non-hydrogen) atoms. The highest BCUT2D eigenvalue weighted by molar-refractivity contribution is 4.97. The van der Waals surface area contributed by atoms with Crippen LogP contribution in [-0.2, 0) is 13.6 Å². The number of imidazole rings is 1. The Hall–Kier alpha value is -0.870. The monoisotopic (exact) mass is 236 g/mol. The lowest BCUT2D eigenvalue weighted by molar-refractivity contribution is 0.136. The van der Waals surface area contributed by atoms with Gasteiger partial charge >= 0.3 is 0 Å². The SMILES string of the molecule is CN1CCC(C)(CNCc2cncn2C)CC1. The summed E-state index contributed by atoms with van der Waals surface area (Å²) in [6.07, 6.45) is 6.38. The number of likely N-dealkylation sites (tertiary alicyclic amines) is 1. The zero-order valence-electron chi connectivity index (χ0n) is 11.2. The second kappa shape index (κ2) is 5.19. The van der Waals surface area contributed by atoms with Crippen LogP contribution >= 0.6 is 0 Å². The second-order valence-electron chi connectivity index (χ2n) is 5.71. The normalized spacial score (nSPS) is 20.6. The van der Waals surface area contributed by atoms with Crippen LogP contribution in [0.5, 0.6) is 0 Å². The van der Waals surface area contributed by atoms with Crippen molar-refractivity contribution in [3.05, 3.63) is 18.2 Å². The van der Waals surface area contributed by atoms with Gasteiger partial charge in [0.15, 0.2) is 0 Å². The van der Waals surface area contributed by atoms with E-state index in [-0.39, 0.29) is 0 Å². The van der Waals surface area contributed by atoms with Crippen molar-refractivity contribution in [1.29, 1.82) is 0 Å². The van der Waals surface area contributed by atoms with Gasteiger partial charge in [0.05, 0.1) is 12.0 Å². The van der Waals surface area contributed by atoms with Gasteiger partial charge in [0.25, 0.3) is 0 Å². The Kier molecular flexibility index (Phi) is 3.84. The number of nitrogens with zero attached hydrogens (tertiary/aromatic N) is 3. The van der Waals surface area contributed by atoms with Gasteiger partial charge in [0.2, 0.25) is 0 Å². The third-order valence-corrected chi connectivity index (χ3v) is 3.97. The molecule has 0 saturated carbocycles. The minimum atomic E-state index is 0.463. The molecule has 1 aliphatic rings. The summed E-state index contributed by atoms with van der Waals surface area (Å²) in [5, 5.41) is 3.57. The van der Waals surface area contributed by atoms with Crippen molar-refractivity contribution >= 4 is 0 Å². The summed E-state index contributed by atoms with van der Waals surface area (Å²) in [7, 11) is 4.25. The molecule has 0 bridgehead atoms. The molecule has 0 aliphatic carbocycles. The molecule has 0 unspecified atom stereocenters. The molecule has 1 N–H and O–H groups in total. The van der Waals surface area contributed by atoms with Crippen molar-refractivity contribution in [2.24, 2.45) is 12.5 Å². The Balaban J connectivity index is 1.76. The van der Waals surface area contributed by atoms with E-state index >= 15 is 0 Å². The number of rotatable bonds is 4. The van der Waals surface area contributed by atoms with E-state index in [4.69, 9.17) is 0 Å². The molecule has 1 fully saturated rings. The van der Waals surface area contributed by atoms with Gasteiger partial charge in [0, 0.05) is 26.3 Å². The van der Waals surface area contributed by atoms with Crippen LogP contribution < -0.4 is 5.32 Å². The summed E-state index contributed by atoms with van der Waals surface area (Å²) < 4.78 is 2.07. The molecule has 2 heterocycles. The predicted molar refractivity (Wildman–Crippen MR) is 69.8 cm³/mol. The number of aromatic nitrogens is 2. The number of piperidine rings is 1. The molecule has 0 amide bonds. The largest absolute Gasteiger partial charge is 0.337 e. The van der Waals surface area contributed by atoms with Gasteiger partial charge < -0.3 is 14.8 Å². The maximum absolute atomic E-state index is 4.13. The summed E-state index contributed by atoms with van der Waals surface area (Å²) >= 11 is 0. The van der Waals surface area contributed by atoms with Crippen LogP contribution in [-0.4, -0.2) is 41.1 Å². The van der Waals surface area contributed by atoms with Gasteiger partial charge in [-0.2, -0.15) is 0 Å². The molecule has 0 aromatic carbocycles. The first-order valence-electron chi connectivity index (χ1n) is 6.44. The van der Waals surface area contributed by atoms with Crippen molar-refractivity contribution in [1.82, 2.24) is 19.8 Å². The van der Waals surface area contributed by atoms with Crippen LogP contribution in [0.25, 0.3) is 0 Å². The lowest BCUT2D eigenvalue weighted by atomic mass is 9.80. The standard InChI is InChI=1S/C13H24N4/c1-13(4-6-16(2)7-5-13)10-14-8-12-9-15-11-17(12)3/h9,11,14H,4-8,10H2,1-3H3. The minimum absolute atomic E-state index is 0.463. The fraction of sp³-hybridized carbons (Fsp3) is 0.769. The Morgan fingerprint density at radius 3 is 2.65 bits per heavy atom. The van der Waals surface area contributed by atoms with E-state index in [2.05, 4.69) is 33.7 Å². The van der Waals surface area contributed by atoms with E-state index in [0.29, 0.717) is 5.41 Å². The first kappa shape index (κ1) is 12.6. The van der Waals surface area contributed by atoms with Gasteiger partial charge in [-0.3, -0.25) is 0 Å². The average molecular weight is 236 g/mol. The fourth-order valence-electron chi connectivity index (χ4n) is 2.38. The quantitative estimate of drug-likeness (QED) is 0.854. The van der Waals surface area contributed by atoms with Crippen molar-refractivity contribution in [2.45, 2.75) is 26.3 Å². The Bertz CT molecular complexity index is 350. The van der Waals surface area contributed by atoms with Crippen molar-refractivity contribution < 1.29 is 0 Å². The Labute approximate surface area is 104 Å². The zero-order chi connectivity index (χ0) is 12.3. The Morgan fingerprint density at radius 2 is 2.06 bits per heavy atom. The van der Waals surface area contributed by atoms with E-state index in [9.17, 15) is 0 Å². The van der Waals surface area contributed by atoms with Crippen LogP contribution in [0.1, 0.15) is 25.5 Å². The van der Waals surface area contributed by atoms with E-state index in [1.807, 2.05) is 19.6 Å². The average Bonchev–Trinajstić information content (AvgIpc) is 2.70. The molecule has 2 rings (SSSR count). The van der Waals surface area contributed by atoms with Gasteiger partial charge in [-0.15, -0.1) is 0 Å². The van der Waals surface area contributed by atoms with Gasteiger partial charge in [-0.05, 0) is 38.4 Å². The van der Waals surface area contributed by atoms with Crippen LogP contribution in [0.4, 0.5) is 0 Å². The third-order valence-electron chi connectivity index (χ3n) is 3.97. The fourth-order valence-corrected chi connectivity index (χ4v) is 2.38. The summed E-state index contributed by atoms with van der Waals surface area (Å²) in [5.74, 6) is 0. The van der Waals surface area contributed by atoms with Crippen molar-refractivity contribution in [2.75, 3.05) is 26.7 Å². The number of aryl methyl sites for hydroxylation is 1. The second-order valence-corrected chi connectivity index (χ2v) is 5.71. The van der Waals surface area contributed by atoms with E-state index < -0.39 is 0 Å². The zero-order valence-corrected chi connectivity index (χ0v) is 11.2. The molecule has 0 spiro atoms. The third kappa shape index (κ3) is 3.30. The highest BCUT2D eigenvalue weighted by Gasteiger charge is 2.28. The molecule has 0 atom stereocenters. The maximum atomic E-state index is 4.13. The molecule has 96 valence electrons. The van der Waals surface area contributed by atoms with Gasteiger partial charge in [-0.25, -0.2) is 4.98 Å². The van der Waals surface area contributed by atoms with Crippen LogP contribution in [0, 0.1) is 5.41 Å². The lowest BCUT2D eigenvalue weighted by Crippen LogP contribution is -2.42. The number of hydrogen-bond acceptors (Lipinski definition) is 3. The molecule has 1 aliphatic heterocycles. The molecular weight excluding hydrogens is 212 g/mol. The first-order valence-corrected chi connectivity index (χ1v) is 6.44. The highest BCUT2D eigenvalue weighted by Crippen LogP contribution is 2.29. The van der Waals surface area contributed by atoms with Crippen LogP contribution in [0.15, 0.2) is 12.5 Å². The topological polar surface area (TPSA) is 33.1 Å². The number of hydrogen-bond donors (Lipinski definition) is 1.